The quantitative estimate of drug-likeness (QED) is 0.498. The SMILES string of the molecule is CC(=O)OCc1cc(I)c(COC(C)=O)cc1I. The van der Waals surface area contributed by atoms with Gasteiger partial charge in [-0.1, -0.05) is 0 Å². The van der Waals surface area contributed by atoms with E-state index in [0.29, 0.717) is 0 Å². The summed E-state index contributed by atoms with van der Waals surface area (Å²) in [7, 11) is 0. The molecule has 0 atom stereocenters. The zero-order chi connectivity index (χ0) is 13.7. The Morgan fingerprint density at radius 3 is 1.56 bits per heavy atom. The van der Waals surface area contributed by atoms with Crippen LogP contribution in [0.15, 0.2) is 12.1 Å². The maximum Gasteiger partial charge on any atom is 0.302 e. The van der Waals surface area contributed by atoms with Crippen molar-refractivity contribution in [1.82, 2.24) is 0 Å². The molecule has 18 heavy (non-hydrogen) atoms. The second kappa shape index (κ2) is 7.27. The van der Waals surface area contributed by atoms with E-state index in [0.717, 1.165) is 18.3 Å². The number of esters is 2. The van der Waals surface area contributed by atoms with E-state index in [1.54, 1.807) is 0 Å². The summed E-state index contributed by atoms with van der Waals surface area (Å²) in [4.78, 5) is 21.5. The molecule has 0 amide bonds. The monoisotopic (exact) mass is 474 g/mol. The van der Waals surface area contributed by atoms with Gasteiger partial charge in [-0.15, -0.1) is 0 Å². The summed E-state index contributed by atoms with van der Waals surface area (Å²) < 4.78 is 11.9. The van der Waals surface area contributed by atoms with Crippen LogP contribution in [0.4, 0.5) is 0 Å². The molecule has 0 heterocycles. The Hall–Kier alpha value is -0.380. The van der Waals surface area contributed by atoms with Gasteiger partial charge in [-0.2, -0.15) is 0 Å². The van der Waals surface area contributed by atoms with Crippen molar-refractivity contribution in [3.8, 4) is 0 Å². The van der Waals surface area contributed by atoms with Gasteiger partial charge in [0.1, 0.15) is 13.2 Å². The minimum Gasteiger partial charge on any atom is -0.461 e. The first-order valence-electron chi connectivity index (χ1n) is 5.13. The second-order valence-electron chi connectivity index (χ2n) is 3.60. The Morgan fingerprint density at radius 1 is 0.944 bits per heavy atom. The minimum absolute atomic E-state index is 0.261. The average Bonchev–Trinajstić information content (AvgIpc) is 2.27. The minimum atomic E-state index is -0.301. The van der Waals surface area contributed by atoms with Crippen molar-refractivity contribution in [1.29, 1.82) is 0 Å². The number of halogens is 2. The zero-order valence-corrected chi connectivity index (χ0v) is 14.3. The summed E-state index contributed by atoms with van der Waals surface area (Å²) in [5.41, 5.74) is 1.89. The van der Waals surface area contributed by atoms with E-state index in [2.05, 4.69) is 45.2 Å². The Balaban J connectivity index is 2.82. The predicted octanol–water partition coefficient (Wildman–Crippen LogP) is 3.02. The van der Waals surface area contributed by atoms with Crippen LogP contribution in [0, 0.1) is 7.14 Å². The zero-order valence-electron chi connectivity index (χ0n) is 9.96. The number of hydrogen-bond donors (Lipinski definition) is 0. The smallest absolute Gasteiger partial charge is 0.302 e. The van der Waals surface area contributed by atoms with Gasteiger partial charge in [-0.25, -0.2) is 0 Å². The fraction of sp³-hybridized carbons (Fsp3) is 0.333. The Bertz CT molecular complexity index is 428. The highest BCUT2D eigenvalue weighted by molar-refractivity contribution is 14.1. The molecule has 1 rings (SSSR count). The molecule has 0 fully saturated rings. The molecule has 0 spiro atoms. The highest BCUT2D eigenvalue weighted by atomic mass is 127. The second-order valence-corrected chi connectivity index (χ2v) is 5.92. The van der Waals surface area contributed by atoms with E-state index in [1.165, 1.54) is 13.8 Å². The Morgan fingerprint density at radius 2 is 1.28 bits per heavy atom. The van der Waals surface area contributed by atoms with Gasteiger partial charge in [-0.3, -0.25) is 9.59 Å². The van der Waals surface area contributed by atoms with Crippen molar-refractivity contribution >= 4 is 57.1 Å². The van der Waals surface area contributed by atoms with Crippen molar-refractivity contribution < 1.29 is 19.1 Å². The van der Waals surface area contributed by atoms with E-state index in [-0.39, 0.29) is 25.2 Å². The molecular weight excluding hydrogens is 462 g/mol. The van der Waals surface area contributed by atoms with Crippen LogP contribution in [0.25, 0.3) is 0 Å². The van der Waals surface area contributed by atoms with Crippen molar-refractivity contribution in [3.05, 3.63) is 30.4 Å². The average molecular weight is 474 g/mol. The molecule has 0 aromatic heterocycles. The van der Waals surface area contributed by atoms with Crippen LogP contribution in [0.5, 0.6) is 0 Å². The van der Waals surface area contributed by atoms with E-state index in [9.17, 15) is 9.59 Å². The number of hydrogen-bond acceptors (Lipinski definition) is 4. The van der Waals surface area contributed by atoms with Crippen LogP contribution in [-0.2, 0) is 32.3 Å². The largest absolute Gasteiger partial charge is 0.461 e. The van der Waals surface area contributed by atoms with Gasteiger partial charge in [-0.05, 0) is 57.3 Å². The van der Waals surface area contributed by atoms with E-state index in [4.69, 9.17) is 9.47 Å². The van der Waals surface area contributed by atoms with Gasteiger partial charge in [0, 0.05) is 32.1 Å². The van der Waals surface area contributed by atoms with Crippen LogP contribution in [-0.4, -0.2) is 11.9 Å². The topological polar surface area (TPSA) is 52.6 Å². The van der Waals surface area contributed by atoms with Crippen LogP contribution in [0.3, 0.4) is 0 Å². The molecule has 0 aliphatic carbocycles. The van der Waals surface area contributed by atoms with Crippen LogP contribution >= 0.6 is 45.2 Å². The number of ether oxygens (including phenoxy) is 2. The molecule has 0 N–H and O–H groups in total. The third kappa shape index (κ3) is 5.09. The number of rotatable bonds is 4. The summed E-state index contributed by atoms with van der Waals surface area (Å²) in [6.45, 7) is 3.29. The molecule has 1 aromatic carbocycles. The summed E-state index contributed by atoms with van der Waals surface area (Å²) >= 11 is 4.34. The Kier molecular flexibility index (Phi) is 6.33. The van der Waals surface area contributed by atoms with Gasteiger partial charge in [0.05, 0.1) is 0 Å². The van der Waals surface area contributed by atoms with Gasteiger partial charge in [0.15, 0.2) is 0 Å². The highest BCUT2D eigenvalue weighted by Gasteiger charge is 2.09. The number of carbonyl (C=O) groups is 2. The van der Waals surface area contributed by atoms with Gasteiger partial charge in [0.25, 0.3) is 0 Å². The third-order valence-electron chi connectivity index (χ3n) is 2.08. The van der Waals surface area contributed by atoms with Gasteiger partial charge in [0.2, 0.25) is 0 Å². The van der Waals surface area contributed by atoms with Crippen molar-refractivity contribution in [2.24, 2.45) is 0 Å². The van der Waals surface area contributed by atoms with Crippen LogP contribution in [0.2, 0.25) is 0 Å². The maximum atomic E-state index is 10.8. The fourth-order valence-electron chi connectivity index (χ4n) is 1.21. The third-order valence-corrected chi connectivity index (χ3v) is 4.09. The number of carbonyl (C=O) groups excluding carboxylic acids is 2. The van der Waals surface area contributed by atoms with Crippen LogP contribution in [0.1, 0.15) is 25.0 Å². The molecule has 0 aliphatic heterocycles. The number of benzene rings is 1. The molecule has 4 nitrogen and oxygen atoms in total. The normalized spacial score (nSPS) is 10.0. The molecule has 0 unspecified atom stereocenters. The van der Waals surface area contributed by atoms with Gasteiger partial charge >= 0.3 is 11.9 Å². The first-order chi connectivity index (χ1) is 8.40. The van der Waals surface area contributed by atoms with Crippen molar-refractivity contribution in [2.75, 3.05) is 0 Å². The van der Waals surface area contributed by atoms with Crippen molar-refractivity contribution in [3.63, 3.8) is 0 Å². The molecular formula is C12H12I2O4. The predicted molar refractivity (Wildman–Crippen MR) is 82.8 cm³/mol. The maximum absolute atomic E-state index is 10.8. The van der Waals surface area contributed by atoms with Crippen LogP contribution < -0.4 is 0 Å². The molecule has 0 aliphatic rings. The van der Waals surface area contributed by atoms with Gasteiger partial charge < -0.3 is 9.47 Å². The van der Waals surface area contributed by atoms with E-state index in [1.807, 2.05) is 12.1 Å². The standard InChI is InChI=1S/C12H12I2O4/c1-7(15)17-5-9-3-12(14)10(4-11(9)13)6-18-8(2)16/h3-4H,5-6H2,1-2H3. The molecule has 0 radical (unpaired) electrons. The van der Waals surface area contributed by atoms with Crippen molar-refractivity contribution in [2.45, 2.75) is 27.1 Å². The lowest BCUT2D eigenvalue weighted by Gasteiger charge is -2.10. The molecule has 0 bridgehead atoms. The summed E-state index contributed by atoms with van der Waals surface area (Å²) in [5.74, 6) is -0.602. The fourth-order valence-corrected chi connectivity index (χ4v) is 2.58. The summed E-state index contributed by atoms with van der Waals surface area (Å²) in [6.07, 6.45) is 0. The lowest BCUT2D eigenvalue weighted by atomic mass is 10.1. The molecule has 0 saturated heterocycles. The molecule has 6 heteroatoms. The highest BCUT2D eigenvalue weighted by Crippen LogP contribution is 2.22. The molecule has 0 saturated carbocycles. The first kappa shape index (κ1) is 15.7. The molecule has 98 valence electrons. The molecule has 1 aromatic rings. The Labute approximate surface area is 133 Å². The van der Waals surface area contributed by atoms with E-state index >= 15 is 0 Å². The first-order valence-corrected chi connectivity index (χ1v) is 7.29. The van der Waals surface area contributed by atoms with E-state index < -0.39 is 0 Å². The summed E-state index contributed by atoms with van der Waals surface area (Å²) in [5, 5.41) is 0. The lowest BCUT2D eigenvalue weighted by Crippen LogP contribution is -2.04. The lowest BCUT2D eigenvalue weighted by molar-refractivity contribution is -0.143. The summed E-state index contributed by atoms with van der Waals surface area (Å²) in [6, 6.07) is 3.87.